The van der Waals surface area contributed by atoms with Crippen molar-refractivity contribution in [2.24, 2.45) is 0 Å². The van der Waals surface area contributed by atoms with Crippen LogP contribution in [0.4, 0.5) is 4.39 Å². The Balaban J connectivity index is 2.64. The molecule has 0 radical (unpaired) electrons. The summed E-state index contributed by atoms with van der Waals surface area (Å²) in [4.78, 5) is 14.4. The minimum Gasteiger partial charge on any atom is -0.463 e. The molecule has 0 spiro atoms. The zero-order valence-corrected chi connectivity index (χ0v) is 7.74. The first kappa shape index (κ1) is 10.4. The normalized spacial score (nSPS) is 10.4. The lowest BCUT2D eigenvalue weighted by Gasteiger charge is -1.94. The molecule has 0 aliphatic rings. The van der Waals surface area contributed by atoms with Crippen LogP contribution >= 0.6 is 0 Å². The summed E-state index contributed by atoms with van der Waals surface area (Å²) in [5, 5.41) is 0. The molecule has 0 bridgehead atoms. The number of ether oxygens (including phenoxy) is 1. The molecule has 1 rings (SSSR count). The molecule has 0 aromatic carbocycles. The predicted octanol–water partition coefficient (Wildman–Crippen LogP) is 1.80. The number of rotatable bonds is 3. The van der Waals surface area contributed by atoms with E-state index < -0.39 is 11.9 Å². The molecule has 14 heavy (non-hydrogen) atoms. The second-order valence-corrected chi connectivity index (χ2v) is 2.47. The molecule has 0 atom stereocenters. The number of carbonyl (C=O) groups is 1. The standard InChI is InChI=1S/C10H10FNO2/c1-2-14-10(13)7-6-8-4-3-5-9(11)12-8/h3-7H,2H2,1H3/b7-6+. The number of halogens is 1. The first-order valence-corrected chi connectivity index (χ1v) is 4.19. The number of carbonyl (C=O) groups excluding carboxylic acids is 1. The average molecular weight is 195 g/mol. The smallest absolute Gasteiger partial charge is 0.330 e. The van der Waals surface area contributed by atoms with Gasteiger partial charge in [-0.3, -0.25) is 0 Å². The van der Waals surface area contributed by atoms with Crippen molar-refractivity contribution in [3.63, 3.8) is 0 Å². The van der Waals surface area contributed by atoms with Gasteiger partial charge in [0.1, 0.15) is 0 Å². The minimum absolute atomic E-state index is 0.319. The van der Waals surface area contributed by atoms with Gasteiger partial charge in [0, 0.05) is 6.08 Å². The van der Waals surface area contributed by atoms with E-state index in [0.717, 1.165) is 0 Å². The Morgan fingerprint density at radius 2 is 2.43 bits per heavy atom. The number of hydrogen-bond donors (Lipinski definition) is 0. The molecule has 0 fully saturated rings. The lowest BCUT2D eigenvalue weighted by Crippen LogP contribution is -1.98. The van der Waals surface area contributed by atoms with Crippen LogP contribution < -0.4 is 0 Å². The van der Waals surface area contributed by atoms with Crippen molar-refractivity contribution in [3.8, 4) is 0 Å². The molecule has 0 aliphatic heterocycles. The molecule has 74 valence electrons. The summed E-state index contributed by atoms with van der Waals surface area (Å²) in [7, 11) is 0. The van der Waals surface area contributed by atoms with E-state index in [9.17, 15) is 9.18 Å². The van der Waals surface area contributed by atoms with Crippen molar-refractivity contribution in [2.45, 2.75) is 6.92 Å². The van der Waals surface area contributed by atoms with Crippen molar-refractivity contribution in [1.29, 1.82) is 0 Å². The zero-order chi connectivity index (χ0) is 10.4. The highest BCUT2D eigenvalue weighted by molar-refractivity contribution is 5.86. The maximum Gasteiger partial charge on any atom is 0.330 e. The fourth-order valence-corrected chi connectivity index (χ4v) is 0.861. The van der Waals surface area contributed by atoms with Crippen LogP contribution in [0.25, 0.3) is 6.08 Å². The van der Waals surface area contributed by atoms with Crippen LogP contribution in [0.15, 0.2) is 24.3 Å². The van der Waals surface area contributed by atoms with Crippen LogP contribution in [0.2, 0.25) is 0 Å². The van der Waals surface area contributed by atoms with Gasteiger partial charge < -0.3 is 4.74 Å². The van der Waals surface area contributed by atoms with E-state index in [2.05, 4.69) is 9.72 Å². The first-order valence-electron chi connectivity index (χ1n) is 4.19. The molecule has 3 nitrogen and oxygen atoms in total. The number of esters is 1. The van der Waals surface area contributed by atoms with Crippen LogP contribution in [0.5, 0.6) is 0 Å². The van der Waals surface area contributed by atoms with E-state index in [1.807, 2.05) is 0 Å². The molecule has 4 heteroatoms. The molecular weight excluding hydrogens is 185 g/mol. The maximum absolute atomic E-state index is 12.6. The second-order valence-electron chi connectivity index (χ2n) is 2.47. The molecule has 1 heterocycles. The van der Waals surface area contributed by atoms with Crippen LogP contribution in [0.1, 0.15) is 12.6 Å². The summed E-state index contributed by atoms with van der Waals surface area (Å²) in [6, 6.07) is 4.35. The second kappa shape index (κ2) is 5.11. The summed E-state index contributed by atoms with van der Waals surface area (Å²) < 4.78 is 17.2. The molecule has 1 aromatic heterocycles. The Morgan fingerprint density at radius 3 is 3.07 bits per heavy atom. The number of hydrogen-bond acceptors (Lipinski definition) is 3. The summed E-state index contributed by atoms with van der Waals surface area (Å²) in [5.74, 6) is -1.03. The Kier molecular flexibility index (Phi) is 3.79. The van der Waals surface area contributed by atoms with Gasteiger partial charge in [0.05, 0.1) is 12.3 Å². The van der Waals surface area contributed by atoms with E-state index in [1.54, 1.807) is 13.0 Å². The van der Waals surface area contributed by atoms with Gasteiger partial charge in [-0.25, -0.2) is 9.78 Å². The summed E-state index contributed by atoms with van der Waals surface area (Å²) in [6.45, 7) is 2.03. The van der Waals surface area contributed by atoms with Gasteiger partial charge in [0.2, 0.25) is 5.95 Å². The van der Waals surface area contributed by atoms with Crippen molar-refractivity contribution in [3.05, 3.63) is 35.9 Å². The molecule has 1 aromatic rings. The van der Waals surface area contributed by atoms with Crippen LogP contribution in [-0.4, -0.2) is 17.6 Å². The quantitative estimate of drug-likeness (QED) is 0.419. The van der Waals surface area contributed by atoms with Crippen LogP contribution in [-0.2, 0) is 9.53 Å². The van der Waals surface area contributed by atoms with Crippen LogP contribution in [0.3, 0.4) is 0 Å². The van der Waals surface area contributed by atoms with Gasteiger partial charge in [-0.2, -0.15) is 4.39 Å². The number of nitrogens with zero attached hydrogens (tertiary/aromatic N) is 1. The molecule has 0 unspecified atom stereocenters. The lowest BCUT2D eigenvalue weighted by molar-refractivity contribution is -0.137. The summed E-state index contributed by atoms with van der Waals surface area (Å²) >= 11 is 0. The fourth-order valence-electron chi connectivity index (χ4n) is 0.861. The fraction of sp³-hybridized carbons (Fsp3) is 0.200. The minimum atomic E-state index is -0.573. The lowest BCUT2D eigenvalue weighted by atomic mass is 10.3. The molecule has 0 aliphatic carbocycles. The molecule has 0 saturated carbocycles. The highest BCUT2D eigenvalue weighted by Crippen LogP contribution is 2.00. The predicted molar refractivity (Wildman–Crippen MR) is 49.9 cm³/mol. The Bertz CT molecular complexity index is 350. The Hall–Kier alpha value is -1.71. The average Bonchev–Trinajstić information content (AvgIpc) is 2.15. The van der Waals surface area contributed by atoms with Gasteiger partial charge in [-0.05, 0) is 25.1 Å². The maximum atomic E-state index is 12.6. The van der Waals surface area contributed by atoms with Gasteiger partial charge >= 0.3 is 5.97 Å². The van der Waals surface area contributed by atoms with Gasteiger partial charge in [0.15, 0.2) is 0 Å². The topological polar surface area (TPSA) is 39.2 Å². The van der Waals surface area contributed by atoms with Crippen LogP contribution in [0, 0.1) is 5.95 Å². The first-order chi connectivity index (χ1) is 6.72. The van der Waals surface area contributed by atoms with Gasteiger partial charge in [-0.15, -0.1) is 0 Å². The largest absolute Gasteiger partial charge is 0.463 e. The van der Waals surface area contributed by atoms with E-state index >= 15 is 0 Å². The monoisotopic (exact) mass is 195 g/mol. The van der Waals surface area contributed by atoms with Crippen molar-refractivity contribution < 1.29 is 13.9 Å². The highest BCUT2D eigenvalue weighted by atomic mass is 19.1. The van der Waals surface area contributed by atoms with E-state index in [1.165, 1.54) is 24.3 Å². The van der Waals surface area contributed by atoms with E-state index in [0.29, 0.717) is 12.3 Å². The third-order valence-electron chi connectivity index (χ3n) is 1.41. The molecule has 0 N–H and O–H groups in total. The highest BCUT2D eigenvalue weighted by Gasteiger charge is 1.95. The Morgan fingerprint density at radius 1 is 1.64 bits per heavy atom. The third kappa shape index (κ3) is 3.35. The van der Waals surface area contributed by atoms with Crippen molar-refractivity contribution in [2.75, 3.05) is 6.61 Å². The summed E-state index contributed by atoms with van der Waals surface area (Å²) in [6.07, 6.45) is 2.62. The molecule has 0 amide bonds. The van der Waals surface area contributed by atoms with E-state index in [-0.39, 0.29) is 0 Å². The van der Waals surface area contributed by atoms with Gasteiger partial charge in [0.25, 0.3) is 0 Å². The Labute approximate surface area is 81.2 Å². The van der Waals surface area contributed by atoms with Crippen molar-refractivity contribution >= 4 is 12.0 Å². The molecular formula is C10H10FNO2. The number of aromatic nitrogens is 1. The van der Waals surface area contributed by atoms with Crippen molar-refractivity contribution in [1.82, 2.24) is 4.98 Å². The third-order valence-corrected chi connectivity index (χ3v) is 1.41. The summed E-state index contributed by atoms with van der Waals surface area (Å²) in [5.41, 5.74) is 0.387. The van der Waals surface area contributed by atoms with Gasteiger partial charge in [-0.1, -0.05) is 6.07 Å². The SMILES string of the molecule is CCOC(=O)/C=C/c1cccc(F)n1. The van der Waals surface area contributed by atoms with E-state index in [4.69, 9.17) is 0 Å². The number of pyridine rings is 1. The molecule has 0 saturated heterocycles. The zero-order valence-electron chi connectivity index (χ0n) is 7.74.